The Bertz CT molecular complexity index is 1470. The van der Waals surface area contributed by atoms with Crippen LogP contribution in [0, 0.1) is 0 Å². The van der Waals surface area contributed by atoms with E-state index < -0.39 is 0 Å². The van der Waals surface area contributed by atoms with Crippen LogP contribution in [0.25, 0.3) is 0 Å². The van der Waals surface area contributed by atoms with Crippen LogP contribution in [-0.2, 0) is 18.5 Å². The topological polar surface area (TPSA) is 78.9 Å². The number of aromatic nitrogens is 4. The molecule has 10 heteroatoms. The molecule has 2 aromatic heterocycles. The summed E-state index contributed by atoms with van der Waals surface area (Å²) in [4.78, 5) is 20.6. The van der Waals surface area contributed by atoms with Gasteiger partial charge in [-0.25, -0.2) is 15.0 Å². The van der Waals surface area contributed by atoms with Crippen molar-refractivity contribution >= 4 is 52.5 Å². The molecule has 2 aromatic carbocycles. The van der Waals surface area contributed by atoms with Gasteiger partial charge in [0.1, 0.15) is 10.8 Å². The fourth-order valence-corrected chi connectivity index (χ4v) is 6.68. The first-order chi connectivity index (χ1) is 19.6. The van der Waals surface area contributed by atoms with Crippen LogP contribution in [0.4, 0.5) is 11.8 Å². The fourth-order valence-electron chi connectivity index (χ4n) is 5.62. The summed E-state index contributed by atoms with van der Waals surface area (Å²) in [5.74, 6) is 1.28. The van der Waals surface area contributed by atoms with Crippen molar-refractivity contribution in [3.63, 3.8) is 0 Å². The largest absolute Gasteiger partial charge is 0.361 e. The van der Waals surface area contributed by atoms with Gasteiger partial charge in [-0.3, -0.25) is 0 Å². The molecule has 0 spiro atoms. The Morgan fingerprint density at radius 2 is 1.68 bits per heavy atom. The third-order valence-electron chi connectivity index (χ3n) is 7.65. The summed E-state index contributed by atoms with van der Waals surface area (Å²) in [6.45, 7) is 2.31. The number of nitrogens with zero attached hydrogens (tertiary/aromatic N) is 5. The summed E-state index contributed by atoms with van der Waals surface area (Å²) in [5, 5.41) is 9.40. The Kier molecular flexibility index (Phi) is 8.13. The number of hydrogen-bond acceptors (Lipinski definition) is 7. The van der Waals surface area contributed by atoms with Crippen LogP contribution in [0.2, 0.25) is 5.02 Å². The van der Waals surface area contributed by atoms with Gasteiger partial charge in [-0.2, -0.15) is 4.98 Å². The zero-order valence-electron chi connectivity index (χ0n) is 22.0. The highest BCUT2D eigenvalue weighted by atomic mass is 35.5. The fraction of sp³-hybridized carbons (Fsp3) is 0.300. The molecule has 1 aliphatic heterocycles. The van der Waals surface area contributed by atoms with Gasteiger partial charge in [0.05, 0.1) is 0 Å². The molecule has 0 atom stereocenters. The second kappa shape index (κ2) is 12.1. The minimum Gasteiger partial charge on any atom is -0.361 e. The monoisotopic (exact) mass is 587 g/mol. The number of thiocarbonyl (C=S) groups is 1. The molecule has 204 valence electrons. The van der Waals surface area contributed by atoms with Gasteiger partial charge < -0.3 is 15.5 Å². The molecule has 2 N–H and O–H groups in total. The average Bonchev–Trinajstić information content (AvgIpc) is 3.42. The Hall–Kier alpha value is -3.27. The summed E-state index contributed by atoms with van der Waals surface area (Å²) >= 11 is 13.5. The van der Waals surface area contributed by atoms with Crippen molar-refractivity contribution in [1.82, 2.24) is 25.3 Å². The van der Waals surface area contributed by atoms with E-state index in [1.165, 1.54) is 47.7 Å². The molecule has 7 nitrogen and oxygen atoms in total. The lowest BCUT2D eigenvalue weighted by Gasteiger charge is -2.38. The maximum atomic E-state index is 6.38. The summed E-state index contributed by atoms with van der Waals surface area (Å²) in [6.07, 6.45) is 9.31. The second-order valence-electron chi connectivity index (χ2n) is 10.3. The summed E-state index contributed by atoms with van der Waals surface area (Å²) in [6, 6.07) is 20.5. The van der Waals surface area contributed by atoms with Crippen molar-refractivity contribution in [1.29, 1.82) is 0 Å². The first-order valence-corrected chi connectivity index (χ1v) is 15.1. The SMILES string of the molecule is S=C(NCC1(c2cccc(Cl)c2)CCCCC1)Nc1nc(Sc2ncccn2)cc(N2Cc3ccccc3C2)n1. The Morgan fingerprint density at radius 1 is 0.925 bits per heavy atom. The van der Waals surface area contributed by atoms with Crippen LogP contribution in [-0.4, -0.2) is 31.6 Å². The van der Waals surface area contributed by atoms with Gasteiger partial charge in [-0.05, 0) is 71.7 Å². The van der Waals surface area contributed by atoms with Crippen LogP contribution in [0.5, 0.6) is 0 Å². The van der Waals surface area contributed by atoms with Crippen molar-refractivity contribution < 1.29 is 0 Å². The standard InChI is InChI=1S/C30H30ClN7S2/c31-24-11-6-10-23(16-24)30(12-4-1-5-13-30)20-34-28(39)37-27-35-25(38-18-21-8-2-3-9-22(21)19-38)17-26(36-27)40-29-32-14-7-15-33-29/h2-3,6-11,14-17H,1,4-5,12-13,18-20H2,(H2,34,35,36,37,39). The number of halogens is 1. The van der Waals surface area contributed by atoms with E-state index in [-0.39, 0.29) is 5.41 Å². The van der Waals surface area contributed by atoms with Gasteiger partial charge in [-0.15, -0.1) is 0 Å². The van der Waals surface area contributed by atoms with Gasteiger partial charge in [0, 0.05) is 48.5 Å². The molecule has 0 saturated heterocycles. The predicted molar refractivity (Wildman–Crippen MR) is 165 cm³/mol. The maximum absolute atomic E-state index is 6.38. The minimum absolute atomic E-state index is 0.00934. The van der Waals surface area contributed by atoms with E-state index in [4.69, 9.17) is 33.8 Å². The van der Waals surface area contributed by atoms with Crippen LogP contribution in [0.15, 0.2) is 83.2 Å². The predicted octanol–water partition coefficient (Wildman–Crippen LogP) is 6.78. The number of benzene rings is 2. The normalized spacial score (nSPS) is 15.9. The van der Waals surface area contributed by atoms with E-state index in [2.05, 4.69) is 61.9 Å². The zero-order chi connectivity index (χ0) is 27.4. The minimum atomic E-state index is -0.00934. The molecule has 4 aromatic rings. The van der Waals surface area contributed by atoms with Crippen molar-refractivity contribution in [3.05, 3.63) is 94.8 Å². The van der Waals surface area contributed by atoms with Gasteiger partial charge >= 0.3 is 0 Å². The second-order valence-corrected chi connectivity index (χ2v) is 12.1. The van der Waals surface area contributed by atoms with E-state index in [0.717, 1.165) is 48.3 Å². The number of rotatable bonds is 7. The van der Waals surface area contributed by atoms with Crippen LogP contribution in [0.1, 0.15) is 48.8 Å². The Morgan fingerprint density at radius 3 is 2.40 bits per heavy atom. The van der Waals surface area contributed by atoms with E-state index >= 15 is 0 Å². The lowest BCUT2D eigenvalue weighted by atomic mass is 9.69. The molecule has 3 heterocycles. The lowest BCUT2D eigenvalue weighted by Crippen LogP contribution is -2.43. The molecule has 6 rings (SSSR count). The Balaban J connectivity index is 1.21. The van der Waals surface area contributed by atoms with Crippen LogP contribution < -0.4 is 15.5 Å². The molecule has 0 bridgehead atoms. The number of hydrogen-bond donors (Lipinski definition) is 2. The van der Waals surface area contributed by atoms with Crippen molar-refractivity contribution in [2.75, 3.05) is 16.8 Å². The highest BCUT2D eigenvalue weighted by Gasteiger charge is 2.34. The summed E-state index contributed by atoms with van der Waals surface area (Å²) in [7, 11) is 0. The number of nitrogens with one attached hydrogen (secondary N) is 2. The number of anilines is 2. The molecule has 1 fully saturated rings. The molecule has 1 aliphatic carbocycles. The molecule has 0 amide bonds. The van der Waals surface area contributed by atoms with Crippen molar-refractivity contribution in [3.8, 4) is 0 Å². The van der Waals surface area contributed by atoms with Crippen LogP contribution >= 0.6 is 35.6 Å². The molecular weight excluding hydrogens is 558 g/mol. The zero-order valence-corrected chi connectivity index (χ0v) is 24.4. The van der Waals surface area contributed by atoms with Crippen molar-refractivity contribution in [2.45, 2.75) is 60.8 Å². The van der Waals surface area contributed by atoms with Gasteiger partial charge in [-0.1, -0.05) is 67.3 Å². The molecular formula is C30H30ClN7S2. The lowest BCUT2D eigenvalue weighted by molar-refractivity contribution is 0.292. The number of fused-ring (bicyclic) bond motifs is 1. The third-order valence-corrected chi connectivity index (χ3v) is 8.95. The van der Waals surface area contributed by atoms with E-state index in [1.54, 1.807) is 18.5 Å². The summed E-state index contributed by atoms with van der Waals surface area (Å²) in [5.41, 5.74) is 3.88. The highest BCUT2D eigenvalue weighted by Crippen LogP contribution is 2.40. The van der Waals surface area contributed by atoms with E-state index in [0.29, 0.717) is 16.2 Å². The van der Waals surface area contributed by atoms with Gasteiger partial charge in [0.15, 0.2) is 10.3 Å². The first kappa shape index (κ1) is 26.9. The van der Waals surface area contributed by atoms with Crippen LogP contribution in [0.3, 0.4) is 0 Å². The molecule has 0 unspecified atom stereocenters. The third kappa shape index (κ3) is 6.22. The molecule has 2 aliphatic rings. The quantitative estimate of drug-likeness (QED) is 0.138. The Labute approximate surface area is 249 Å². The van der Waals surface area contributed by atoms with Gasteiger partial charge in [0.2, 0.25) is 5.95 Å². The smallest absolute Gasteiger partial charge is 0.232 e. The highest BCUT2D eigenvalue weighted by molar-refractivity contribution is 7.99. The summed E-state index contributed by atoms with van der Waals surface area (Å²) < 4.78 is 0. The van der Waals surface area contributed by atoms with Gasteiger partial charge in [0.25, 0.3) is 0 Å². The molecule has 1 saturated carbocycles. The van der Waals surface area contributed by atoms with Crippen molar-refractivity contribution in [2.24, 2.45) is 0 Å². The van der Waals surface area contributed by atoms with E-state index in [9.17, 15) is 0 Å². The molecule has 0 radical (unpaired) electrons. The first-order valence-electron chi connectivity index (χ1n) is 13.5. The maximum Gasteiger partial charge on any atom is 0.232 e. The average molecular weight is 588 g/mol. The van der Waals surface area contributed by atoms with E-state index in [1.807, 2.05) is 18.2 Å². The molecule has 40 heavy (non-hydrogen) atoms.